The molecule has 0 radical (unpaired) electrons. The molecule has 7 heteroatoms. The van der Waals surface area contributed by atoms with Crippen molar-refractivity contribution in [1.29, 1.82) is 0 Å². The number of anilines is 1. The lowest BCUT2D eigenvalue weighted by atomic mass is 10.1. The Morgan fingerprint density at radius 1 is 1.38 bits per heavy atom. The second kappa shape index (κ2) is 6.64. The number of carboxylic acid groups (broad SMARTS) is 1. The number of nitrogens with one attached hydrogen (secondary N) is 1. The van der Waals surface area contributed by atoms with Crippen LogP contribution in [0.2, 0.25) is 0 Å². The van der Waals surface area contributed by atoms with Crippen LogP contribution in [0.1, 0.15) is 23.2 Å². The van der Waals surface area contributed by atoms with Gasteiger partial charge in [0.05, 0.1) is 12.1 Å². The van der Waals surface area contributed by atoms with E-state index in [1.165, 1.54) is 6.07 Å². The number of nitrogens with zero attached hydrogens (tertiary/aromatic N) is 1. The Kier molecular flexibility index (Phi) is 4.87. The van der Waals surface area contributed by atoms with Crippen molar-refractivity contribution in [3.8, 4) is 0 Å². The van der Waals surface area contributed by atoms with E-state index in [1.807, 2.05) is 4.90 Å². The average molecular weight is 295 g/mol. The molecule has 0 aromatic heterocycles. The predicted octanol–water partition coefficient (Wildman–Crippen LogP) is 0.885. The molecular formula is C14H18FN3O3. The predicted molar refractivity (Wildman–Crippen MR) is 75.6 cm³/mol. The third kappa shape index (κ3) is 4.24. The van der Waals surface area contributed by atoms with Crippen LogP contribution in [-0.2, 0) is 4.79 Å². The van der Waals surface area contributed by atoms with Crippen LogP contribution in [0.5, 0.6) is 0 Å². The number of aromatic carboxylic acids is 1. The summed E-state index contributed by atoms with van der Waals surface area (Å²) in [7, 11) is 0. The number of piperidine rings is 1. The molecule has 1 aromatic carbocycles. The molecule has 0 saturated carbocycles. The second-order valence-electron chi connectivity index (χ2n) is 5.16. The Bertz CT molecular complexity index is 542. The van der Waals surface area contributed by atoms with E-state index >= 15 is 0 Å². The Morgan fingerprint density at radius 2 is 2.05 bits per heavy atom. The molecule has 1 aromatic rings. The van der Waals surface area contributed by atoms with Crippen LogP contribution in [0.25, 0.3) is 0 Å². The van der Waals surface area contributed by atoms with Crippen LogP contribution in [0.15, 0.2) is 18.2 Å². The van der Waals surface area contributed by atoms with E-state index in [0.717, 1.165) is 38.1 Å². The highest BCUT2D eigenvalue weighted by Gasteiger charge is 2.18. The minimum atomic E-state index is -1.34. The van der Waals surface area contributed by atoms with Gasteiger partial charge in [0.1, 0.15) is 5.82 Å². The molecule has 114 valence electrons. The van der Waals surface area contributed by atoms with Gasteiger partial charge >= 0.3 is 5.97 Å². The number of rotatable bonds is 4. The Hall–Kier alpha value is -1.99. The van der Waals surface area contributed by atoms with Crippen LogP contribution in [-0.4, -0.2) is 47.6 Å². The number of carboxylic acids is 1. The molecule has 0 atom stereocenters. The number of halogens is 1. The summed E-state index contributed by atoms with van der Waals surface area (Å²) in [4.78, 5) is 24.6. The summed E-state index contributed by atoms with van der Waals surface area (Å²) in [6, 6.07) is 3.71. The lowest BCUT2D eigenvalue weighted by Gasteiger charge is -2.29. The number of carbonyl (C=O) groups excluding carboxylic acids is 1. The number of benzene rings is 1. The van der Waals surface area contributed by atoms with Crippen molar-refractivity contribution < 1.29 is 19.1 Å². The summed E-state index contributed by atoms with van der Waals surface area (Å²) in [5.74, 6) is -2.47. The molecule has 0 unspecified atom stereocenters. The largest absolute Gasteiger partial charge is 0.478 e. The first-order valence-electron chi connectivity index (χ1n) is 6.76. The van der Waals surface area contributed by atoms with Crippen molar-refractivity contribution in [1.82, 2.24) is 4.90 Å². The van der Waals surface area contributed by atoms with Crippen LogP contribution in [0.4, 0.5) is 10.1 Å². The molecule has 1 heterocycles. The molecule has 0 bridgehead atoms. The zero-order chi connectivity index (χ0) is 15.4. The van der Waals surface area contributed by atoms with Gasteiger partial charge in [0.25, 0.3) is 0 Å². The van der Waals surface area contributed by atoms with Gasteiger partial charge in [0, 0.05) is 24.8 Å². The van der Waals surface area contributed by atoms with Crippen LogP contribution >= 0.6 is 0 Å². The molecule has 4 N–H and O–H groups in total. The second-order valence-corrected chi connectivity index (χ2v) is 5.16. The van der Waals surface area contributed by atoms with E-state index in [4.69, 9.17) is 10.8 Å². The summed E-state index contributed by atoms with van der Waals surface area (Å²) >= 11 is 0. The Morgan fingerprint density at radius 3 is 2.62 bits per heavy atom. The first-order valence-corrected chi connectivity index (χ1v) is 6.76. The highest BCUT2D eigenvalue weighted by atomic mass is 19.1. The molecule has 1 aliphatic heterocycles. The molecular weight excluding hydrogens is 277 g/mol. The summed E-state index contributed by atoms with van der Waals surface area (Å²) in [5, 5.41) is 11.3. The maximum atomic E-state index is 13.5. The molecule has 0 spiro atoms. The van der Waals surface area contributed by atoms with Gasteiger partial charge < -0.3 is 16.2 Å². The van der Waals surface area contributed by atoms with Crippen LogP contribution in [0, 0.1) is 5.82 Å². The molecule has 1 aliphatic rings. The van der Waals surface area contributed by atoms with E-state index in [-0.39, 0.29) is 24.2 Å². The van der Waals surface area contributed by atoms with Gasteiger partial charge in [0.15, 0.2) is 0 Å². The van der Waals surface area contributed by atoms with Gasteiger partial charge in [-0.25, -0.2) is 9.18 Å². The standard InChI is InChI=1S/C14H18FN3O3/c15-12-7-10(1-2-11(12)14(20)21)17-13(19)8-18-5-3-9(16)4-6-18/h1-2,7,9H,3-6,8,16H2,(H,17,19)(H,20,21). The molecule has 1 saturated heterocycles. The van der Waals surface area contributed by atoms with Gasteiger partial charge in [0.2, 0.25) is 5.91 Å². The van der Waals surface area contributed by atoms with Crippen molar-refractivity contribution >= 4 is 17.6 Å². The van der Waals surface area contributed by atoms with Crippen molar-refractivity contribution in [2.24, 2.45) is 5.73 Å². The molecule has 2 rings (SSSR count). The minimum Gasteiger partial charge on any atom is -0.478 e. The average Bonchev–Trinajstić information content (AvgIpc) is 2.41. The van der Waals surface area contributed by atoms with Gasteiger partial charge in [-0.1, -0.05) is 0 Å². The molecule has 1 fully saturated rings. The highest BCUT2D eigenvalue weighted by Crippen LogP contribution is 2.15. The van der Waals surface area contributed by atoms with E-state index in [0.29, 0.717) is 0 Å². The fourth-order valence-electron chi connectivity index (χ4n) is 2.28. The lowest BCUT2D eigenvalue weighted by Crippen LogP contribution is -2.43. The smallest absolute Gasteiger partial charge is 0.338 e. The number of hydrogen-bond donors (Lipinski definition) is 3. The van der Waals surface area contributed by atoms with Crippen LogP contribution in [0.3, 0.4) is 0 Å². The van der Waals surface area contributed by atoms with Crippen molar-refractivity contribution in [3.05, 3.63) is 29.6 Å². The minimum absolute atomic E-state index is 0.196. The lowest BCUT2D eigenvalue weighted by molar-refractivity contribution is -0.117. The van der Waals surface area contributed by atoms with Crippen LogP contribution < -0.4 is 11.1 Å². The number of likely N-dealkylation sites (tertiary alicyclic amines) is 1. The highest BCUT2D eigenvalue weighted by molar-refractivity contribution is 5.93. The molecule has 21 heavy (non-hydrogen) atoms. The van der Waals surface area contributed by atoms with E-state index < -0.39 is 17.3 Å². The number of amides is 1. The topological polar surface area (TPSA) is 95.7 Å². The fourth-order valence-corrected chi connectivity index (χ4v) is 2.28. The van der Waals surface area contributed by atoms with E-state index in [9.17, 15) is 14.0 Å². The zero-order valence-electron chi connectivity index (χ0n) is 11.5. The maximum absolute atomic E-state index is 13.5. The maximum Gasteiger partial charge on any atom is 0.338 e. The number of nitrogens with two attached hydrogens (primary N) is 1. The molecule has 6 nitrogen and oxygen atoms in total. The summed E-state index contributed by atoms with van der Waals surface area (Å²) in [6.45, 7) is 1.75. The van der Waals surface area contributed by atoms with Gasteiger partial charge in [-0.05, 0) is 31.0 Å². The normalized spacial score (nSPS) is 16.7. The van der Waals surface area contributed by atoms with Gasteiger partial charge in [-0.15, -0.1) is 0 Å². The van der Waals surface area contributed by atoms with Crippen molar-refractivity contribution in [2.75, 3.05) is 25.0 Å². The van der Waals surface area contributed by atoms with E-state index in [2.05, 4.69) is 5.32 Å². The number of hydrogen-bond acceptors (Lipinski definition) is 4. The summed E-state index contributed by atoms with van der Waals surface area (Å²) in [6.07, 6.45) is 1.71. The van der Waals surface area contributed by atoms with Crippen molar-refractivity contribution in [2.45, 2.75) is 18.9 Å². The SMILES string of the molecule is NC1CCN(CC(=O)Nc2ccc(C(=O)O)c(F)c2)CC1. The number of carbonyl (C=O) groups is 2. The van der Waals surface area contributed by atoms with Gasteiger partial charge in [-0.3, -0.25) is 9.69 Å². The summed E-state index contributed by atoms with van der Waals surface area (Å²) < 4.78 is 13.5. The van der Waals surface area contributed by atoms with Crippen molar-refractivity contribution in [3.63, 3.8) is 0 Å². The first kappa shape index (κ1) is 15.4. The Balaban J connectivity index is 1.91. The van der Waals surface area contributed by atoms with E-state index in [1.54, 1.807) is 0 Å². The Labute approximate surface area is 121 Å². The quantitative estimate of drug-likeness (QED) is 0.766. The fraction of sp³-hybridized carbons (Fsp3) is 0.429. The molecule has 0 aliphatic carbocycles. The summed E-state index contributed by atoms with van der Waals surface area (Å²) in [5.41, 5.74) is 5.62. The van der Waals surface area contributed by atoms with Gasteiger partial charge in [-0.2, -0.15) is 0 Å². The first-order chi connectivity index (χ1) is 9.95. The third-order valence-corrected chi connectivity index (χ3v) is 3.48. The zero-order valence-corrected chi connectivity index (χ0v) is 11.5. The molecule has 1 amide bonds. The monoisotopic (exact) mass is 295 g/mol. The third-order valence-electron chi connectivity index (χ3n) is 3.48.